The van der Waals surface area contributed by atoms with Crippen molar-refractivity contribution in [1.82, 2.24) is 5.32 Å². The van der Waals surface area contributed by atoms with Crippen LogP contribution >= 0.6 is 23.1 Å². The van der Waals surface area contributed by atoms with Gasteiger partial charge in [-0.15, -0.1) is 11.3 Å². The Balaban J connectivity index is 1.74. The van der Waals surface area contributed by atoms with E-state index >= 15 is 0 Å². The first kappa shape index (κ1) is 12.0. The molecule has 1 saturated heterocycles. The van der Waals surface area contributed by atoms with Gasteiger partial charge in [-0.25, -0.2) is 4.79 Å². The number of carboxylic acid groups (broad SMARTS) is 1. The van der Waals surface area contributed by atoms with Crippen molar-refractivity contribution >= 4 is 29.1 Å². The molecule has 0 spiro atoms. The number of carboxylic acids is 1. The lowest BCUT2D eigenvalue weighted by Gasteiger charge is -2.08. The van der Waals surface area contributed by atoms with Crippen LogP contribution in [0, 0.1) is 5.92 Å². The molecule has 1 atom stereocenters. The number of aromatic carboxylic acids is 1. The lowest BCUT2D eigenvalue weighted by molar-refractivity contribution is 0.0697. The van der Waals surface area contributed by atoms with Gasteiger partial charge in [0.05, 0.1) is 5.56 Å². The second-order valence-corrected chi connectivity index (χ2v) is 6.11. The molecule has 2 heterocycles. The number of carbonyl (C=O) groups is 1. The quantitative estimate of drug-likeness (QED) is 0.849. The molecule has 1 aliphatic rings. The zero-order valence-electron chi connectivity index (χ0n) is 8.94. The molecule has 2 rings (SSSR count). The number of thioether (sulfide) groups is 1. The van der Waals surface area contributed by atoms with Crippen molar-refractivity contribution in [3.05, 3.63) is 21.9 Å². The first-order chi connectivity index (χ1) is 7.75. The molecule has 88 valence electrons. The van der Waals surface area contributed by atoms with Gasteiger partial charge in [0.15, 0.2) is 0 Å². The summed E-state index contributed by atoms with van der Waals surface area (Å²) < 4.78 is 0. The van der Waals surface area contributed by atoms with Crippen molar-refractivity contribution < 1.29 is 9.90 Å². The van der Waals surface area contributed by atoms with E-state index in [4.69, 9.17) is 5.11 Å². The van der Waals surface area contributed by atoms with E-state index in [9.17, 15) is 4.79 Å². The van der Waals surface area contributed by atoms with E-state index in [1.54, 1.807) is 11.4 Å². The molecule has 0 saturated carbocycles. The minimum atomic E-state index is -0.838. The summed E-state index contributed by atoms with van der Waals surface area (Å²) in [6, 6.07) is 1.75. The second-order valence-electron chi connectivity index (χ2n) is 3.97. The summed E-state index contributed by atoms with van der Waals surface area (Å²) in [5.41, 5.74) is 0.401. The van der Waals surface area contributed by atoms with Crippen molar-refractivity contribution in [2.75, 3.05) is 18.1 Å². The fourth-order valence-corrected chi connectivity index (χ4v) is 3.84. The molecule has 16 heavy (non-hydrogen) atoms. The standard InChI is InChI=1S/C11H15NO2S2/c13-11(14)9-3-10(16-7-9)5-12-4-8-1-2-15-6-8/h3,7-8,12H,1-2,4-6H2,(H,13,14). The Labute approximate surface area is 103 Å². The third-order valence-electron chi connectivity index (χ3n) is 2.66. The molecule has 1 aromatic heterocycles. The summed E-state index contributed by atoms with van der Waals surface area (Å²) in [6.45, 7) is 1.84. The summed E-state index contributed by atoms with van der Waals surface area (Å²) >= 11 is 3.53. The maximum absolute atomic E-state index is 10.7. The van der Waals surface area contributed by atoms with Crippen LogP contribution in [0.4, 0.5) is 0 Å². The zero-order valence-corrected chi connectivity index (χ0v) is 10.6. The van der Waals surface area contributed by atoms with Crippen LogP contribution in [0.25, 0.3) is 0 Å². The minimum absolute atomic E-state index is 0.401. The van der Waals surface area contributed by atoms with Crippen LogP contribution in [0.2, 0.25) is 0 Å². The summed E-state index contributed by atoms with van der Waals surface area (Å²) in [5.74, 6) is 2.50. The average Bonchev–Trinajstić information content (AvgIpc) is 2.87. The summed E-state index contributed by atoms with van der Waals surface area (Å²) in [4.78, 5) is 11.8. The molecule has 0 amide bonds. The number of rotatable bonds is 5. The SMILES string of the molecule is O=C(O)c1csc(CNCC2CCSC2)c1. The van der Waals surface area contributed by atoms with E-state index in [1.807, 2.05) is 11.8 Å². The van der Waals surface area contributed by atoms with Crippen molar-refractivity contribution in [3.63, 3.8) is 0 Å². The molecular formula is C11H15NO2S2. The highest BCUT2D eigenvalue weighted by atomic mass is 32.2. The maximum Gasteiger partial charge on any atom is 0.336 e. The topological polar surface area (TPSA) is 49.3 Å². The fourth-order valence-electron chi connectivity index (χ4n) is 1.73. The van der Waals surface area contributed by atoms with Crippen LogP contribution in [-0.2, 0) is 6.54 Å². The second kappa shape index (κ2) is 5.70. The van der Waals surface area contributed by atoms with Crippen molar-refractivity contribution in [2.45, 2.75) is 13.0 Å². The molecule has 0 bridgehead atoms. The molecule has 1 aromatic rings. The largest absolute Gasteiger partial charge is 0.478 e. The van der Waals surface area contributed by atoms with Gasteiger partial charge in [-0.05, 0) is 36.5 Å². The Morgan fingerprint density at radius 3 is 3.12 bits per heavy atom. The van der Waals surface area contributed by atoms with Crippen LogP contribution in [0.15, 0.2) is 11.4 Å². The molecule has 0 radical (unpaired) electrons. The molecule has 2 N–H and O–H groups in total. The van der Waals surface area contributed by atoms with Crippen molar-refractivity contribution in [1.29, 1.82) is 0 Å². The molecule has 0 aliphatic carbocycles. The predicted molar refractivity (Wildman–Crippen MR) is 68.4 cm³/mol. The highest BCUT2D eigenvalue weighted by Gasteiger charge is 2.14. The minimum Gasteiger partial charge on any atom is -0.478 e. The molecule has 5 heteroatoms. The van der Waals surface area contributed by atoms with E-state index in [0.717, 1.165) is 23.9 Å². The number of thiophene rings is 1. The van der Waals surface area contributed by atoms with Crippen LogP contribution in [0.3, 0.4) is 0 Å². The van der Waals surface area contributed by atoms with Gasteiger partial charge in [0.25, 0.3) is 0 Å². The highest BCUT2D eigenvalue weighted by Crippen LogP contribution is 2.22. The zero-order chi connectivity index (χ0) is 11.4. The lowest BCUT2D eigenvalue weighted by atomic mass is 10.1. The Bertz CT molecular complexity index is 359. The molecule has 0 aromatic carbocycles. The smallest absolute Gasteiger partial charge is 0.336 e. The molecule has 1 unspecified atom stereocenters. The van der Waals surface area contributed by atoms with Crippen LogP contribution in [0.5, 0.6) is 0 Å². The lowest BCUT2D eigenvalue weighted by Crippen LogP contribution is -2.21. The van der Waals surface area contributed by atoms with Gasteiger partial charge in [0.2, 0.25) is 0 Å². The van der Waals surface area contributed by atoms with Gasteiger partial charge < -0.3 is 10.4 Å². The van der Waals surface area contributed by atoms with Crippen LogP contribution in [0.1, 0.15) is 21.7 Å². The molecule has 3 nitrogen and oxygen atoms in total. The van der Waals surface area contributed by atoms with E-state index < -0.39 is 5.97 Å². The third-order valence-corrected chi connectivity index (χ3v) is 4.83. The normalized spacial score (nSPS) is 20.1. The first-order valence-corrected chi connectivity index (χ1v) is 7.38. The van der Waals surface area contributed by atoms with Gasteiger partial charge in [0.1, 0.15) is 0 Å². The Morgan fingerprint density at radius 1 is 1.62 bits per heavy atom. The summed E-state index contributed by atoms with van der Waals surface area (Å²) in [7, 11) is 0. The number of hydrogen-bond donors (Lipinski definition) is 2. The van der Waals surface area contributed by atoms with E-state index in [0.29, 0.717) is 5.56 Å². The summed E-state index contributed by atoms with van der Waals surface area (Å²) in [5, 5.41) is 13.9. The van der Waals surface area contributed by atoms with Crippen molar-refractivity contribution in [2.24, 2.45) is 5.92 Å². The van der Waals surface area contributed by atoms with Crippen LogP contribution < -0.4 is 5.32 Å². The van der Waals surface area contributed by atoms with E-state index in [2.05, 4.69) is 5.32 Å². The Hall–Kier alpha value is -0.520. The first-order valence-electron chi connectivity index (χ1n) is 5.35. The number of hydrogen-bond acceptors (Lipinski definition) is 4. The Kier molecular flexibility index (Phi) is 4.26. The highest BCUT2D eigenvalue weighted by molar-refractivity contribution is 7.99. The average molecular weight is 257 g/mol. The van der Waals surface area contributed by atoms with Gasteiger partial charge in [-0.1, -0.05) is 0 Å². The monoisotopic (exact) mass is 257 g/mol. The molecule has 1 fully saturated rings. The predicted octanol–water partition coefficient (Wildman–Crippen LogP) is 2.29. The van der Waals surface area contributed by atoms with Crippen molar-refractivity contribution in [3.8, 4) is 0 Å². The van der Waals surface area contributed by atoms with E-state index in [1.165, 1.54) is 29.3 Å². The molecule has 1 aliphatic heterocycles. The maximum atomic E-state index is 10.7. The van der Waals surface area contributed by atoms with Gasteiger partial charge >= 0.3 is 5.97 Å². The number of nitrogens with one attached hydrogen (secondary N) is 1. The summed E-state index contributed by atoms with van der Waals surface area (Å²) in [6.07, 6.45) is 1.31. The van der Waals surface area contributed by atoms with E-state index in [-0.39, 0.29) is 0 Å². The Morgan fingerprint density at radius 2 is 2.50 bits per heavy atom. The van der Waals surface area contributed by atoms with Gasteiger partial charge in [0, 0.05) is 16.8 Å². The third kappa shape index (κ3) is 3.23. The van der Waals surface area contributed by atoms with Gasteiger partial charge in [-0.2, -0.15) is 11.8 Å². The molecular weight excluding hydrogens is 242 g/mol. The van der Waals surface area contributed by atoms with Crippen LogP contribution in [-0.4, -0.2) is 29.1 Å². The fraction of sp³-hybridized carbons (Fsp3) is 0.545. The van der Waals surface area contributed by atoms with Gasteiger partial charge in [-0.3, -0.25) is 0 Å².